The Labute approximate surface area is 92.6 Å². The van der Waals surface area contributed by atoms with Crippen LogP contribution < -0.4 is 4.74 Å². The van der Waals surface area contributed by atoms with Gasteiger partial charge in [-0.3, -0.25) is 0 Å². The predicted octanol–water partition coefficient (Wildman–Crippen LogP) is 2.23. The summed E-state index contributed by atoms with van der Waals surface area (Å²) in [5, 5.41) is 8.80. The molecule has 0 bridgehead atoms. The first-order valence-corrected chi connectivity index (χ1v) is 4.72. The summed E-state index contributed by atoms with van der Waals surface area (Å²) < 4.78 is 9.38. The second kappa shape index (κ2) is 5.16. The number of benzene rings is 1. The number of carboxylic acids is 1. The first-order valence-electron chi connectivity index (χ1n) is 4.72. The van der Waals surface area contributed by atoms with E-state index in [0.717, 1.165) is 0 Å². The SMILES string of the molecule is CCOC(=O)Oc1cc(C)cc(C(=O)O)c1. The number of hydrogen-bond donors (Lipinski definition) is 1. The Hall–Kier alpha value is -2.04. The molecule has 0 saturated heterocycles. The third kappa shape index (κ3) is 3.27. The number of aryl methyl sites for hydroxylation is 1. The fraction of sp³-hybridized carbons (Fsp3) is 0.273. The van der Waals surface area contributed by atoms with Gasteiger partial charge < -0.3 is 14.6 Å². The largest absolute Gasteiger partial charge is 0.513 e. The molecule has 1 N–H and O–H groups in total. The summed E-state index contributed by atoms with van der Waals surface area (Å²) in [6.07, 6.45) is -0.843. The van der Waals surface area contributed by atoms with Gasteiger partial charge in [-0.15, -0.1) is 0 Å². The lowest BCUT2D eigenvalue weighted by atomic mass is 10.1. The summed E-state index contributed by atoms with van der Waals surface area (Å²) >= 11 is 0. The monoisotopic (exact) mass is 224 g/mol. The van der Waals surface area contributed by atoms with Crippen molar-refractivity contribution in [3.63, 3.8) is 0 Å². The number of carbonyl (C=O) groups excluding carboxylic acids is 1. The van der Waals surface area contributed by atoms with Gasteiger partial charge in [-0.05, 0) is 37.6 Å². The van der Waals surface area contributed by atoms with Crippen LogP contribution in [0.15, 0.2) is 18.2 Å². The number of aromatic carboxylic acids is 1. The molecule has 0 aliphatic heterocycles. The van der Waals surface area contributed by atoms with Gasteiger partial charge in [-0.2, -0.15) is 0 Å². The summed E-state index contributed by atoms with van der Waals surface area (Å²) in [5.41, 5.74) is 0.762. The molecular weight excluding hydrogens is 212 g/mol. The molecule has 16 heavy (non-hydrogen) atoms. The molecule has 0 heterocycles. The van der Waals surface area contributed by atoms with E-state index < -0.39 is 12.1 Å². The Balaban J connectivity index is 2.88. The maximum Gasteiger partial charge on any atom is 0.513 e. The van der Waals surface area contributed by atoms with Crippen molar-refractivity contribution in [3.8, 4) is 5.75 Å². The minimum atomic E-state index is -1.07. The van der Waals surface area contributed by atoms with Crippen LogP contribution in [0.25, 0.3) is 0 Å². The zero-order valence-corrected chi connectivity index (χ0v) is 9.02. The second-order valence-electron chi connectivity index (χ2n) is 3.12. The number of carboxylic acid groups (broad SMARTS) is 1. The maximum atomic E-state index is 11.0. The first kappa shape index (κ1) is 12.0. The smallest absolute Gasteiger partial charge is 0.478 e. The number of ether oxygens (including phenoxy) is 2. The standard InChI is InChI=1S/C11H12O5/c1-3-15-11(14)16-9-5-7(2)4-8(6-9)10(12)13/h4-6H,3H2,1-2H3,(H,12,13). The zero-order chi connectivity index (χ0) is 12.1. The van der Waals surface area contributed by atoms with Crippen LogP contribution in [0.4, 0.5) is 4.79 Å². The van der Waals surface area contributed by atoms with Crippen LogP contribution in [0.2, 0.25) is 0 Å². The van der Waals surface area contributed by atoms with Crippen molar-refractivity contribution in [2.45, 2.75) is 13.8 Å². The van der Waals surface area contributed by atoms with Crippen LogP contribution in [-0.4, -0.2) is 23.8 Å². The molecule has 0 saturated carbocycles. The van der Waals surface area contributed by atoms with E-state index in [0.29, 0.717) is 5.56 Å². The molecule has 1 rings (SSSR count). The molecule has 0 spiro atoms. The van der Waals surface area contributed by atoms with Crippen molar-refractivity contribution in [1.29, 1.82) is 0 Å². The molecule has 0 unspecified atom stereocenters. The number of hydrogen-bond acceptors (Lipinski definition) is 4. The highest BCUT2D eigenvalue weighted by molar-refractivity contribution is 5.88. The quantitative estimate of drug-likeness (QED) is 0.629. The average Bonchev–Trinajstić information content (AvgIpc) is 2.16. The van der Waals surface area contributed by atoms with Crippen LogP contribution in [0.5, 0.6) is 5.75 Å². The molecule has 1 aromatic rings. The molecule has 1 aromatic carbocycles. The van der Waals surface area contributed by atoms with E-state index in [1.165, 1.54) is 12.1 Å². The van der Waals surface area contributed by atoms with E-state index in [1.807, 2.05) is 0 Å². The Morgan fingerprint density at radius 2 is 2.00 bits per heavy atom. The second-order valence-corrected chi connectivity index (χ2v) is 3.12. The lowest BCUT2D eigenvalue weighted by Gasteiger charge is -2.06. The number of carbonyl (C=O) groups is 2. The van der Waals surface area contributed by atoms with E-state index in [1.54, 1.807) is 19.9 Å². The van der Waals surface area contributed by atoms with E-state index in [4.69, 9.17) is 9.84 Å². The van der Waals surface area contributed by atoms with Crippen molar-refractivity contribution in [2.75, 3.05) is 6.61 Å². The summed E-state index contributed by atoms with van der Waals surface area (Å²) in [6.45, 7) is 3.57. The van der Waals surface area contributed by atoms with Crippen molar-refractivity contribution >= 4 is 12.1 Å². The Bertz CT molecular complexity index is 411. The average molecular weight is 224 g/mol. The van der Waals surface area contributed by atoms with Gasteiger partial charge in [0.1, 0.15) is 5.75 Å². The van der Waals surface area contributed by atoms with E-state index in [2.05, 4.69) is 4.74 Å². The van der Waals surface area contributed by atoms with Crippen molar-refractivity contribution in [1.82, 2.24) is 0 Å². The molecule has 0 fully saturated rings. The van der Waals surface area contributed by atoms with Gasteiger partial charge in [0, 0.05) is 0 Å². The highest BCUT2D eigenvalue weighted by atomic mass is 16.7. The highest BCUT2D eigenvalue weighted by Gasteiger charge is 2.09. The summed E-state index contributed by atoms with van der Waals surface area (Å²) in [6, 6.07) is 4.32. The number of rotatable bonds is 3. The minimum absolute atomic E-state index is 0.0688. The Morgan fingerprint density at radius 3 is 2.56 bits per heavy atom. The highest BCUT2D eigenvalue weighted by Crippen LogP contribution is 2.17. The van der Waals surface area contributed by atoms with Gasteiger partial charge in [-0.1, -0.05) is 0 Å². The molecule has 0 aromatic heterocycles. The van der Waals surface area contributed by atoms with Gasteiger partial charge in [0.05, 0.1) is 12.2 Å². The Kier molecular flexibility index (Phi) is 3.88. The summed E-state index contributed by atoms with van der Waals surface area (Å²) in [5.74, 6) is -0.909. The fourth-order valence-corrected chi connectivity index (χ4v) is 1.17. The van der Waals surface area contributed by atoms with Crippen LogP contribution in [0.1, 0.15) is 22.8 Å². The third-order valence-electron chi connectivity index (χ3n) is 1.76. The molecule has 0 aliphatic rings. The zero-order valence-electron chi connectivity index (χ0n) is 9.02. The van der Waals surface area contributed by atoms with E-state index in [-0.39, 0.29) is 17.9 Å². The first-order chi connectivity index (χ1) is 7.52. The van der Waals surface area contributed by atoms with Crippen molar-refractivity contribution in [2.24, 2.45) is 0 Å². The van der Waals surface area contributed by atoms with E-state index in [9.17, 15) is 9.59 Å². The molecule has 0 radical (unpaired) electrons. The van der Waals surface area contributed by atoms with E-state index >= 15 is 0 Å². The fourth-order valence-electron chi connectivity index (χ4n) is 1.17. The summed E-state index contributed by atoms with van der Waals surface area (Å²) in [7, 11) is 0. The van der Waals surface area contributed by atoms with Crippen molar-refractivity contribution < 1.29 is 24.2 Å². The molecule has 86 valence electrons. The normalized spacial score (nSPS) is 9.62. The van der Waals surface area contributed by atoms with Crippen LogP contribution in [0, 0.1) is 6.92 Å². The Morgan fingerprint density at radius 1 is 1.31 bits per heavy atom. The van der Waals surface area contributed by atoms with Crippen LogP contribution >= 0.6 is 0 Å². The lowest BCUT2D eigenvalue weighted by Crippen LogP contribution is -2.10. The van der Waals surface area contributed by atoms with Gasteiger partial charge in [0.15, 0.2) is 0 Å². The maximum absolute atomic E-state index is 11.0. The minimum Gasteiger partial charge on any atom is -0.478 e. The van der Waals surface area contributed by atoms with Gasteiger partial charge in [-0.25, -0.2) is 9.59 Å². The molecule has 0 amide bonds. The third-order valence-corrected chi connectivity index (χ3v) is 1.76. The molecule has 0 aliphatic carbocycles. The van der Waals surface area contributed by atoms with Gasteiger partial charge in [0.2, 0.25) is 0 Å². The molecule has 5 heteroatoms. The topological polar surface area (TPSA) is 72.8 Å². The van der Waals surface area contributed by atoms with Crippen molar-refractivity contribution in [3.05, 3.63) is 29.3 Å². The van der Waals surface area contributed by atoms with Crippen LogP contribution in [0.3, 0.4) is 0 Å². The van der Waals surface area contributed by atoms with Gasteiger partial charge in [0.25, 0.3) is 0 Å². The molecule has 5 nitrogen and oxygen atoms in total. The lowest BCUT2D eigenvalue weighted by molar-refractivity contribution is 0.0694. The van der Waals surface area contributed by atoms with Crippen LogP contribution in [-0.2, 0) is 4.74 Å². The predicted molar refractivity (Wildman–Crippen MR) is 55.8 cm³/mol. The molecular formula is C11H12O5. The summed E-state index contributed by atoms with van der Waals surface area (Å²) in [4.78, 5) is 21.8. The molecule has 0 atom stereocenters. The van der Waals surface area contributed by atoms with Gasteiger partial charge >= 0.3 is 12.1 Å².